The molecule has 1 aromatic carbocycles. The molecule has 1 aromatic heterocycles. The first-order chi connectivity index (χ1) is 13.3. The molecule has 0 aliphatic carbocycles. The van der Waals surface area contributed by atoms with Crippen LogP contribution in [0.2, 0.25) is 5.02 Å². The summed E-state index contributed by atoms with van der Waals surface area (Å²) in [6.45, 7) is 1.67. The number of anilines is 1. The van der Waals surface area contributed by atoms with Crippen molar-refractivity contribution in [3.05, 3.63) is 70.4 Å². The number of nitrogens with zero attached hydrogens (tertiary/aromatic N) is 3. The Balaban J connectivity index is 1.79. The van der Waals surface area contributed by atoms with Crippen LogP contribution in [-0.4, -0.2) is 22.0 Å². The van der Waals surface area contributed by atoms with Crippen LogP contribution in [0, 0.1) is 0 Å². The second kappa shape index (κ2) is 8.24. The molecular weight excluding hydrogens is 413 g/mol. The molecule has 0 saturated heterocycles. The van der Waals surface area contributed by atoms with E-state index in [-0.39, 0.29) is 11.7 Å². The van der Waals surface area contributed by atoms with Gasteiger partial charge >= 0.3 is 6.18 Å². The highest BCUT2D eigenvalue weighted by Gasteiger charge is 2.35. The molecule has 1 aliphatic rings. The first-order valence-corrected chi connectivity index (χ1v) is 9.32. The number of carbonyl (C=O) groups excluding carboxylic acids is 1. The van der Waals surface area contributed by atoms with Gasteiger partial charge in [0.05, 0.1) is 16.3 Å². The molecule has 1 amide bonds. The van der Waals surface area contributed by atoms with Gasteiger partial charge in [-0.3, -0.25) is 4.79 Å². The highest BCUT2D eigenvalue weighted by molar-refractivity contribution is 8.03. The first kappa shape index (κ1) is 20.2. The van der Waals surface area contributed by atoms with Gasteiger partial charge in [0.2, 0.25) is 0 Å². The van der Waals surface area contributed by atoms with Crippen molar-refractivity contribution in [2.75, 3.05) is 4.90 Å². The van der Waals surface area contributed by atoms with E-state index in [1.54, 1.807) is 48.9 Å². The number of hydrogen-bond acceptors (Lipinski definition) is 5. The molecule has 146 valence electrons. The summed E-state index contributed by atoms with van der Waals surface area (Å²) >= 11 is 6.96. The van der Waals surface area contributed by atoms with Gasteiger partial charge in [-0.15, -0.1) is 11.8 Å². The molecule has 1 atom stereocenters. The van der Waals surface area contributed by atoms with Crippen molar-refractivity contribution in [3.63, 3.8) is 0 Å². The monoisotopic (exact) mass is 426 g/mol. The topological polar surface area (TPSA) is 57.6 Å². The Morgan fingerprint density at radius 1 is 1.32 bits per heavy atom. The number of aromatic nitrogens is 1. The number of pyridine rings is 1. The number of thioether (sulfide) groups is 1. The predicted octanol–water partition coefficient (Wildman–Crippen LogP) is 4.91. The molecule has 1 N–H and O–H groups in total. The molecule has 0 fully saturated rings. The zero-order valence-corrected chi connectivity index (χ0v) is 16.0. The van der Waals surface area contributed by atoms with Crippen LogP contribution in [-0.2, 0) is 6.18 Å². The third kappa shape index (κ3) is 4.48. The summed E-state index contributed by atoms with van der Waals surface area (Å²) in [5.74, 6) is -0.307. The number of alkyl halides is 3. The molecule has 2 heterocycles. The maximum Gasteiger partial charge on any atom is 0.418 e. The van der Waals surface area contributed by atoms with E-state index in [2.05, 4.69) is 15.5 Å². The molecule has 10 heteroatoms. The average Bonchev–Trinajstić information content (AvgIpc) is 3.16. The van der Waals surface area contributed by atoms with Crippen molar-refractivity contribution in [1.29, 1.82) is 0 Å². The zero-order valence-electron chi connectivity index (χ0n) is 14.4. The van der Waals surface area contributed by atoms with Gasteiger partial charge in [-0.2, -0.15) is 18.3 Å². The Kier molecular flexibility index (Phi) is 5.95. The van der Waals surface area contributed by atoms with Crippen LogP contribution >= 0.6 is 23.4 Å². The number of hydrogen-bond donors (Lipinski definition) is 1. The third-order valence-corrected chi connectivity index (χ3v) is 5.23. The molecule has 0 saturated carbocycles. The highest BCUT2D eigenvalue weighted by Crippen LogP contribution is 2.38. The van der Waals surface area contributed by atoms with Gasteiger partial charge in [0.1, 0.15) is 11.2 Å². The fraction of sp³-hybridized carbons (Fsp3) is 0.167. The van der Waals surface area contributed by atoms with E-state index in [9.17, 15) is 18.0 Å². The van der Waals surface area contributed by atoms with Gasteiger partial charge in [0.25, 0.3) is 5.91 Å². The number of carbonyl (C=O) groups is 1. The van der Waals surface area contributed by atoms with E-state index in [4.69, 9.17) is 11.6 Å². The van der Waals surface area contributed by atoms with Gasteiger partial charge in [-0.25, -0.2) is 10.4 Å². The van der Waals surface area contributed by atoms with E-state index < -0.39 is 22.1 Å². The zero-order chi connectivity index (χ0) is 20.3. The molecule has 0 bridgehead atoms. The fourth-order valence-electron chi connectivity index (χ4n) is 2.45. The van der Waals surface area contributed by atoms with Gasteiger partial charge < -0.3 is 4.90 Å². The minimum absolute atomic E-state index is 0.0758. The summed E-state index contributed by atoms with van der Waals surface area (Å²) in [5, 5.41) is 4.88. The normalized spacial score (nSPS) is 17.1. The van der Waals surface area contributed by atoms with Crippen LogP contribution in [0.15, 0.2) is 59.3 Å². The van der Waals surface area contributed by atoms with Crippen LogP contribution < -0.4 is 10.3 Å². The number of halogens is 4. The Bertz CT molecular complexity index is 934. The van der Waals surface area contributed by atoms with E-state index in [1.807, 2.05) is 0 Å². The smallest absolute Gasteiger partial charge is 0.314 e. The van der Waals surface area contributed by atoms with E-state index in [1.165, 1.54) is 16.7 Å². The van der Waals surface area contributed by atoms with Crippen LogP contribution in [0.3, 0.4) is 0 Å². The molecule has 0 radical (unpaired) electrons. The number of nitrogens with one attached hydrogen (secondary N) is 1. The molecule has 3 rings (SSSR count). The lowest BCUT2D eigenvalue weighted by molar-refractivity contribution is -0.137. The third-order valence-electron chi connectivity index (χ3n) is 3.82. The lowest BCUT2D eigenvalue weighted by atomic mass is 10.2. The quantitative estimate of drug-likeness (QED) is 0.557. The van der Waals surface area contributed by atoms with Crippen LogP contribution in [0.25, 0.3) is 0 Å². The molecule has 2 aromatic rings. The molecule has 1 aliphatic heterocycles. The molecule has 1 unspecified atom stereocenters. The highest BCUT2D eigenvalue weighted by atomic mass is 35.5. The average molecular weight is 427 g/mol. The second-order valence-electron chi connectivity index (χ2n) is 5.76. The largest absolute Gasteiger partial charge is 0.418 e. The Morgan fingerprint density at radius 3 is 2.71 bits per heavy atom. The maximum atomic E-state index is 13.1. The number of hydrazone groups is 1. The Hall–Kier alpha value is -2.52. The summed E-state index contributed by atoms with van der Waals surface area (Å²) in [7, 11) is 0. The SMILES string of the molecule is C/C(=N/NC(=O)c1ccccc1)C1SC=CN1c1cc(C(F)(F)F)c(Cl)cn1. The first-order valence-electron chi connectivity index (χ1n) is 8.00. The summed E-state index contributed by atoms with van der Waals surface area (Å²) in [6, 6.07) is 9.44. The Morgan fingerprint density at radius 2 is 2.04 bits per heavy atom. The molecule has 0 spiro atoms. The Labute approximate surface area is 168 Å². The predicted molar refractivity (Wildman–Crippen MR) is 104 cm³/mol. The molecule has 28 heavy (non-hydrogen) atoms. The summed E-state index contributed by atoms with van der Waals surface area (Å²) in [6.07, 6.45) is -2.02. The van der Waals surface area contributed by atoms with Crippen molar-refractivity contribution >= 4 is 40.8 Å². The summed E-state index contributed by atoms with van der Waals surface area (Å²) in [5.41, 5.74) is 2.43. The minimum atomic E-state index is -4.59. The summed E-state index contributed by atoms with van der Waals surface area (Å²) in [4.78, 5) is 17.6. The van der Waals surface area contributed by atoms with Crippen molar-refractivity contribution < 1.29 is 18.0 Å². The maximum absolute atomic E-state index is 13.1. The minimum Gasteiger partial charge on any atom is -0.314 e. The van der Waals surface area contributed by atoms with E-state index in [0.29, 0.717) is 11.3 Å². The van der Waals surface area contributed by atoms with Crippen molar-refractivity contribution in [3.8, 4) is 0 Å². The fourth-order valence-corrected chi connectivity index (χ4v) is 3.57. The van der Waals surface area contributed by atoms with E-state index in [0.717, 1.165) is 12.3 Å². The van der Waals surface area contributed by atoms with Gasteiger partial charge in [-0.1, -0.05) is 29.8 Å². The van der Waals surface area contributed by atoms with E-state index >= 15 is 0 Å². The van der Waals surface area contributed by atoms with Crippen LogP contribution in [0.1, 0.15) is 22.8 Å². The summed E-state index contributed by atoms with van der Waals surface area (Å²) < 4.78 is 39.4. The standard InChI is InChI=1S/C18H14ClF3N4OS/c1-11(24-25-16(27)12-5-3-2-4-6-12)17-26(7-8-28-17)15-9-13(18(20,21)22)14(19)10-23-15/h2-10,17H,1H3,(H,25,27)/b24-11-. The lowest BCUT2D eigenvalue weighted by Gasteiger charge is -2.24. The van der Waals surface area contributed by atoms with Crippen LogP contribution in [0.4, 0.5) is 19.0 Å². The molecule has 5 nitrogen and oxygen atoms in total. The second-order valence-corrected chi connectivity index (χ2v) is 7.16. The molecular formula is C18H14ClF3N4OS. The van der Waals surface area contributed by atoms with Gasteiger partial charge in [0, 0.05) is 18.0 Å². The number of benzene rings is 1. The van der Waals surface area contributed by atoms with Crippen molar-refractivity contribution in [1.82, 2.24) is 10.4 Å². The van der Waals surface area contributed by atoms with Crippen LogP contribution in [0.5, 0.6) is 0 Å². The lowest BCUT2D eigenvalue weighted by Crippen LogP contribution is -2.33. The van der Waals surface area contributed by atoms with Gasteiger partial charge in [0.15, 0.2) is 0 Å². The number of amides is 1. The van der Waals surface area contributed by atoms with Crippen molar-refractivity contribution in [2.24, 2.45) is 5.10 Å². The van der Waals surface area contributed by atoms with Gasteiger partial charge in [-0.05, 0) is 30.5 Å². The number of rotatable bonds is 4. The van der Waals surface area contributed by atoms with Crippen molar-refractivity contribution in [2.45, 2.75) is 18.5 Å².